The second kappa shape index (κ2) is 14.8. The van der Waals surface area contributed by atoms with Crippen molar-refractivity contribution >= 4 is 0 Å². The maximum atomic E-state index is 6.24. The van der Waals surface area contributed by atoms with Crippen LogP contribution in [0, 0.1) is 0 Å². The van der Waals surface area contributed by atoms with Crippen molar-refractivity contribution in [1.82, 2.24) is 0 Å². The van der Waals surface area contributed by atoms with Crippen LogP contribution < -0.4 is 0 Å². The molecule has 0 N–H and O–H groups in total. The van der Waals surface area contributed by atoms with E-state index >= 15 is 0 Å². The molecule has 0 heterocycles. The molecule has 0 saturated carbocycles. The summed E-state index contributed by atoms with van der Waals surface area (Å²) in [7, 11) is 0. The van der Waals surface area contributed by atoms with Gasteiger partial charge in [0.1, 0.15) is 0 Å². The zero-order chi connectivity index (χ0) is 15.8. The van der Waals surface area contributed by atoms with Gasteiger partial charge in [-0.3, -0.25) is 0 Å². The zero-order valence-corrected chi connectivity index (χ0v) is 15.2. The highest BCUT2D eigenvalue weighted by Crippen LogP contribution is 2.28. The Morgan fingerprint density at radius 2 is 1.05 bits per heavy atom. The minimum atomic E-state index is -0.300. The van der Waals surface area contributed by atoms with Gasteiger partial charge in [0, 0.05) is 12.8 Å². The molecule has 0 atom stereocenters. The first-order chi connectivity index (χ1) is 10.2. The number of rotatable bonds is 16. The summed E-state index contributed by atoms with van der Waals surface area (Å²) in [6.45, 7) is 10.6. The molecular formula is C19H40O2. The summed E-state index contributed by atoms with van der Waals surface area (Å²) in [5.74, 6) is -0.300. The Kier molecular flexibility index (Phi) is 14.8. The molecule has 0 unspecified atom stereocenters. The van der Waals surface area contributed by atoms with E-state index in [-0.39, 0.29) is 5.79 Å². The molecule has 0 amide bonds. The monoisotopic (exact) mass is 300 g/mol. The summed E-state index contributed by atoms with van der Waals surface area (Å²) in [6, 6.07) is 0. The lowest BCUT2D eigenvalue weighted by atomic mass is 10.0. The van der Waals surface area contributed by atoms with E-state index in [1.54, 1.807) is 0 Å². The van der Waals surface area contributed by atoms with Crippen LogP contribution in [0.2, 0.25) is 0 Å². The highest BCUT2D eigenvalue weighted by atomic mass is 16.7. The van der Waals surface area contributed by atoms with E-state index in [4.69, 9.17) is 9.47 Å². The first-order valence-corrected chi connectivity index (χ1v) is 9.52. The molecule has 0 aliphatic carbocycles. The number of hydrogen-bond acceptors (Lipinski definition) is 2. The Labute approximate surface area is 134 Å². The Hall–Kier alpha value is -0.0800. The van der Waals surface area contributed by atoms with Gasteiger partial charge in [-0.2, -0.15) is 0 Å². The summed E-state index contributed by atoms with van der Waals surface area (Å²) in [5, 5.41) is 0. The molecule has 0 spiro atoms. The van der Waals surface area contributed by atoms with Gasteiger partial charge >= 0.3 is 0 Å². The number of hydrogen-bond donors (Lipinski definition) is 0. The summed E-state index contributed by atoms with van der Waals surface area (Å²) < 4.78 is 12.5. The van der Waals surface area contributed by atoms with Gasteiger partial charge in [-0.25, -0.2) is 0 Å². The molecule has 0 saturated heterocycles. The molecular weight excluding hydrogens is 260 g/mol. The standard InChI is InChI=1S/C19H40O2/c1-5-9-12-13-14-16-19(15-8-4,20-17-10-6-2)21-18-11-7-3/h5-18H2,1-4H3. The Balaban J connectivity index is 4.34. The van der Waals surface area contributed by atoms with Crippen LogP contribution in [0.4, 0.5) is 0 Å². The van der Waals surface area contributed by atoms with E-state index in [9.17, 15) is 0 Å². The molecule has 0 rings (SSSR count). The first kappa shape index (κ1) is 20.9. The molecule has 0 bridgehead atoms. The number of unbranched alkanes of at least 4 members (excludes halogenated alkanes) is 6. The van der Waals surface area contributed by atoms with Crippen LogP contribution in [0.15, 0.2) is 0 Å². The van der Waals surface area contributed by atoms with Crippen LogP contribution in [-0.4, -0.2) is 19.0 Å². The Bertz CT molecular complexity index is 194. The average molecular weight is 301 g/mol. The summed E-state index contributed by atoms with van der Waals surface area (Å²) in [5.41, 5.74) is 0. The summed E-state index contributed by atoms with van der Waals surface area (Å²) in [4.78, 5) is 0. The average Bonchev–Trinajstić information content (AvgIpc) is 2.48. The minimum absolute atomic E-state index is 0.300. The quantitative estimate of drug-likeness (QED) is 0.240. The molecule has 2 nitrogen and oxygen atoms in total. The van der Waals surface area contributed by atoms with Crippen molar-refractivity contribution in [3.63, 3.8) is 0 Å². The predicted octanol–water partition coefficient (Wildman–Crippen LogP) is 6.48. The zero-order valence-electron chi connectivity index (χ0n) is 15.2. The van der Waals surface area contributed by atoms with E-state index in [2.05, 4.69) is 27.7 Å². The van der Waals surface area contributed by atoms with Gasteiger partial charge in [0.15, 0.2) is 5.79 Å². The molecule has 0 aromatic carbocycles. The maximum absolute atomic E-state index is 6.24. The van der Waals surface area contributed by atoms with Crippen molar-refractivity contribution < 1.29 is 9.47 Å². The van der Waals surface area contributed by atoms with Crippen LogP contribution in [0.5, 0.6) is 0 Å². The molecule has 0 aliphatic heterocycles. The van der Waals surface area contributed by atoms with Crippen LogP contribution in [-0.2, 0) is 9.47 Å². The topological polar surface area (TPSA) is 18.5 Å². The summed E-state index contributed by atoms with van der Waals surface area (Å²) >= 11 is 0. The van der Waals surface area contributed by atoms with E-state index in [1.165, 1.54) is 44.9 Å². The van der Waals surface area contributed by atoms with Gasteiger partial charge in [-0.05, 0) is 19.3 Å². The molecule has 0 aliphatic rings. The third kappa shape index (κ3) is 11.2. The van der Waals surface area contributed by atoms with Crippen molar-refractivity contribution in [3.05, 3.63) is 0 Å². The van der Waals surface area contributed by atoms with E-state index in [1.807, 2.05) is 0 Å². The van der Waals surface area contributed by atoms with E-state index < -0.39 is 0 Å². The van der Waals surface area contributed by atoms with E-state index in [0.29, 0.717) is 0 Å². The highest BCUT2D eigenvalue weighted by Gasteiger charge is 2.30. The third-order valence-corrected chi connectivity index (χ3v) is 4.02. The fourth-order valence-electron chi connectivity index (χ4n) is 2.64. The molecule has 2 heteroatoms. The lowest BCUT2D eigenvalue weighted by molar-refractivity contribution is -0.246. The molecule has 0 radical (unpaired) electrons. The molecule has 0 aromatic rings. The van der Waals surface area contributed by atoms with Gasteiger partial charge in [0.25, 0.3) is 0 Å². The summed E-state index contributed by atoms with van der Waals surface area (Å²) in [6.07, 6.45) is 14.4. The van der Waals surface area contributed by atoms with Gasteiger partial charge in [-0.15, -0.1) is 0 Å². The third-order valence-electron chi connectivity index (χ3n) is 4.02. The van der Waals surface area contributed by atoms with Gasteiger partial charge in [0.05, 0.1) is 13.2 Å². The van der Waals surface area contributed by atoms with Crippen molar-refractivity contribution in [2.75, 3.05) is 13.2 Å². The Morgan fingerprint density at radius 1 is 0.524 bits per heavy atom. The molecule has 0 aromatic heterocycles. The van der Waals surface area contributed by atoms with Gasteiger partial charge in [0.2, 0.25) is 0 Å². The van der Waals surface area contributed by atoms with Crippen molar-refractivity contribution in [2.24, 2.45) is 0 Å². The second-order valence-electron chi connectivity index (χ2n) is 6.23. The van der Waals surface area contributed by atoms with Crippen molar-refractivity contribution in [1.29, 1.82) is 0 Å². The first-order valence-electron chi connectivity index (χ1n) is 9.52. The van der Waals surface area contributed by atoms with Crippen LogP contribution in [0.25, 0.3) is 0 Å². The largest absolute Gasteiger partial charge is 0.350 e. The van der Waals surface area contributed by atoms with Crippen LogP contribution in [0.1, 0.15) is 105 Å². The van der Waals surface area contributed by atoms with Crippen molar-refractivity contribution in [2.45, 2.75) is 111 Å². The maximum Gasteiger partial charge on any atom is 0.168 e. The lowest BCUT2D eigenvalue weighted by Crippen LogP contribution is -2.37. The molecule has 0 fully saturated rings. The second-order valence-corrected chi connectivity index (χ2v) is 6.23. The SMILES string of the molecule is CCCCCCCC(CCC)(OCCCC)OCCCC. The van der Waals surface area contributed by atoms with Crippen LogP contribution in [0.3, 0.4) is 0 Å². The fraction of sp³-hybridized carbons (Fsp3) is 1.00. The van der Waals surface area contributed by atoms with Gasteiger partial charge < -0.3 is 9.47 Å². The molecule has 128 valence electrons. The lowest BCUT2D eigenvalue weighted by Gasteiger charge is -2.34. The van der Waals surface area contributed by atoms with Gasteiger partial charge in [-0.1, -0.05) is 72.6 Å². The van der Waals surface area contributed by atoms with Crippen molar-refractivity contribution in [3.8, 4) is 0 Å². The normalized spacial score (nSPS) is 12.0. The number of ether oxygens (including phenoxy) is 2. The van der Waals surface area contributed by atoms with Crippen LogP contribution >= 0.6 is 0 Å². The highest BCUT2D eigenvalue weighted by molar-refractivity contribution is 4.70. The minimum Gasteiger partial charge on any atom is -0.350 e. The van der Waals surface area contributed by atoms with E-state index in [0.717, 1.165) is 45.3 Å². The molecule has 21 heavy (non-hydrogen) atoms. The predicted molar refractivity (Wildman–Crippen MR) is 92.7 cm³/mol. The fourth-order valence-corrected chi connectivity index (χ4v) is 2.64. The Morgan fingerprint density at radius 3 is 1.52 bits per heavy atom. The smallest absolute Gasteiger partial charge is 0.168 e.